The largest absolute Gasteiger partial charge is 0.467 e. The van der Waals surface area contributed by atoms with Crippen LogP contribution in [0.3, 0.4) is 0 Å². The Morgan fingerprint density at radius 3 is 2.52 bits per heavy atom. The number of carbonyl (C=O) groups is 2. The summed E-state index contributed by atoms with van der Waals surface area (Å²) in [4.78, 5) is 24.8. The summed E-state index contributed by atoms with van der Waals surface area (Å²) in [5, 5.41) is 7.37. The smallest absolute Gasteiger partial charge is 0.328 e. The maximum absolute atomic E-state index is 12.8. The molecule has 0 spiro atoms. The number of hydrogen-bond donors (Lipinski definition) is 1. The van der Waals surface area contributed by atoms with Crippen LogP contribution in [0.5, 0.6) is 0 Å². The Kier molecular flexibility index (Phi) is 4.61. The molecule has 3 rings (SSSR count). The molecule has 2 aromatic rings. The van der Waals surface area contributed by atoms with Crippen LogP contribution < -0.4 is 5.32 Å². The fourth-order valence-corrected chi connectivity index (χ4v) is 3.15. The number of carbonyl (C=O) groups excluding carboxylic acids is 2. The molecule has 1 saturated carbocycles. The highest BCUT2D eigenvalue weighted by Gasteiger charge is 2.38. The molecule has 0 radical (unpaired) electrons. The second kappa shape index (κ2) is 6.70. The second-order valence-electron chi connectivity index (χ2n) is 6.56. The quantitative estimate of drug-likeness (QED) is 0.848. The van der Waals surface area contributed by atoms with E-state index in [1.54, 1.807) is 11.6 Å². The Balaban J connectivity index is 1.91. The predicted octanol–water partition coefficient (Wildman–Crippen LogP) is 2.48. The van der Waals surface area contributed by atoms with Crippen LogP contribution in [0.25, 0.3) is 5.69 Å². The van der Waals surface area contributed by atoms with Crippen LogP contribution >= 0.6 is 0 Å². The van der Waals surface area contributed by atoms with Gasteiger partial charge in [0.15, 0.2) is 0 Å². The van der Waals surface area contributed by atoms with E-state index in [2.05, 4.69) is 10.4 Å². The molecule has 0 saturated heterocycles. The molecule has 0 bridgehead atoms. The number of aromatic nitrogens is 2. The van der Waals surface area contributed by atoms with Gasteiger partial charge in [-0.15, -0.1) is 0 Å². The van der Waals surface area contributed by atoms with Crippen molar-refractivity contribution in [1.82, 2.24) is 15.1 Å². The number of aryl methyl sites for hydroxylation is 2. The van der Waals surface area contributed by atoms with Gasteiger partial charge >= 0.3 is 5.97 Å². The number of nitrogens with zero attached hydrogens (tertiary/aromatic N) is 2. The van der Waals surface area contributed by atoms with Crippen molar-refractivity contribution in [3.8, 4) is 5.69 Å². The maximum Gasteiger partial charge on any atom is 0.328 e. The maximum atomic E-state index is 12.8. The molecule has 1 unspecified atom stereocenters. The van der Waals surface area contributed by atoms with E-state index in [1.807, 2.05) is 38.1 Å². The van der Waals surface area contributed by atoms with Crippen LogP contribution in [0.15, 0.2) is 24.3 Å². The fraction of sp³-hybridized carbons (Fsp3) is 0.421. The Bertz CT molecular complexity index is 821. The lowest BCUT2D eigenvalue weighted by Gasteiger charge is -2.16. The normalized spacial score (nSPS) is 14.9. The highest BCUT2D eigenvalue weighted by Crippen LogP contribution is 2.33. The van der Waals surface area contributed by atoms with Crippen molar-refractivity contribution < 1.29 is 14.3 Å². The SMILES string of the molecule is COC(=O)C(NC(=O)c1c(C)nn(-c2ccccc2C)c1C)C1CC1. The number of esters is 1. The molecule has 1 amide bonds. The lowest BCUT2D eigenvalue weighted by Crippen LogP contribution is -2.43. The topological polar surface area (TPSA) is 73.2 Å². The fourth-order valence-electron chi connectivity index (χ4n) is 3.15. The molecule has 1 fully saturated rings. The highest BCUT2D eigenvalue weighted by molar-refractivity contribution is 5.99. The van der Waals surface area contributed by atoms with Crippen LogP contribution in [-0.4, -0.2) is 34.8 Å². The van der Waals surface area contributed by atoms with Crippen LogP contribution in [0.1, 0.15) is 40.2 Å². The minimum atomic E-state index is -0.585. The lowest BCUT2D eigenvalue weighted by molar-refractivity contribution is -0.143. The molecule has 6 heteroatoms. The van der Waals surface area contributed by atoms with Crippen molar-refractivity contribution in [2.24, 2.45) is 5.92 Å². The predicted molar refractivity (Wildman–Crippen MR) is 93.8 cm³/mol. The monoisotopic (exact) mass is 341 g/mol. The summed E-state index contributed by atoms with van der Waals surface area (Å²) in [6, 6.07) is 7.30. The third-order valence-electron chi connectivity index (χ3n) is 4.70. The summed E-state index contributed by atoms with van der Waals surface area (Å²) < 4.78 is 6.61. The molecular formula is C19H23N3O3. The van der Waals surface area contributed by atoms with Crippen LogP contribution in [0.2, 0.25) is 0 Å². The molecule has 1 N–H and O–H groups in total. The van der Waals surface area contributed by atoms with E-state index in [0.29, 0.717) is 11.3 Å². The summed E-state index contributed by atoms with van der Waals surface area (Å²) in [6.45, 7) is 5.68. The summed E-state index contributed by atoms with van der Waals surface area (Å²) in [7, 11) is 1.34. The minimum absolute atomic E-state index is 0.170. The zero-order valence-electron chi connectivity index (χ0n) is 15.0. The molecule has 1 heterocycles. The van der Waals surface area contributed by atoms with Gasteiger partial charge in [0.2, 0.25) is 0 Å². The van der Waals surface area contributed by atoms with Gasteiger partial charge < -0.3 is 10.1 Å². The first kappa shape index (κ1) is 17.2. The number of nitrogens with one attached hydrogen (secondary N) is 1. The Morgan fingerprint density at radius 2 is 1.92 bits per heavy atom. The summed E-state index contributed by atoms with van der Waals surface area (Å²) in [5.41, 5.74) is 3.92. The summed E-state index contributed by atoms with van der Waals surface area (Å²) in [6.07, 6.45) is 1.86. The molecule has 25 heavy (non-hydrogen) atoms. The molecule has 0 aliphatic heterocycles. The number of hydrogen-bond acceptors (Lipinski definition) is 4. The zero-order chi connectivity index (χ0) is 18.1. The van der Waals surface area contributed by atoms with Crippen molar-refractivity contribution >= 4 is 11.9 Å². The van der Waals surface area contributed by atoms with Gasteiger partial charge in [-0.1, -0.05) is 18.2 Å². The molecule has 1 aromatic carbocycles. The number of ether oxygens (including phenoxy) is 1. The minimum Gasteiger partial charge on any atom is -0.467 e. The third kappa shape index (κ3) is 3.29. The first-order chi connectivity index (χ1) is 11.9. The van der Waals surface area contributed by atoms with E-state index in [1.165, 1.54) is 7.11 Å². The number of para-hydroxylation sites is 1. The van der Waals surface area contributed by atoms with Crippen molar-refractivity contribution in [2.75, 3.05) is 7.11 Å². The van der Waals surface area contributed by atoms with E-state index in [0.717, 1.165) is 29.8 Å². The molecule has 6 nitrogen and oxygen atoms in total. The number of benzene rings is 1. The first-order valence-corrected chi connectivity index (χ1v) is 8.45. The van der Waals surface area contributed by atoms with E-state index in [4.69, 9.17) is 4.74 Å². The Labute approximate surface area is 147 Å². The van der Waals surface area contributed by atoms with Gasteiger partial charge in [0.05, 0.1) is 29.7 Å². The highest BCUT2D eigenvalue weighted by atomic mass is 16.5. The molecule has 1 aliphatic rings. The van der Waals surface area contributed by atoms with Gasteiger partial charge in [-0.05, 0) is 51.2 Å². The van der Waals surface area contributed by atoms with E-state index >= 15 is 0 Å². The van der Waals surface area contributed by atoms with Gasteiger partial charge in [-0.25, -0.2) is 9.48 Å². The average molecular weight is 341 g/mol. The van der Waals surface area contributed by atoms with E-state index in [-0.39, 0.29) is 11.8 Å². The summed E-state index contributed by atoms with van der Waals surface area (Å²) in [5.74, 6) is -0.502. The van der Waals surface area contributed by atoms with Crippen molar-refractivity contribution in [1.29, 1.82) is 0 Å². The molecule has 1 aliphatic carbocycles. The second-order valence-corrected chi connectivity index (χ2v) is 6.56. The first-order valence-electron chi connectivity index (χ1n) is 8.45. The third-order valence-corrected chi connectivity index (χ3v) is 4.70. The van der Waals surface area contributed by atoms with Gasteiger partial charge in [0.25, 0.3) is 5.91 Å². The van der Waals surface area contributed by atoms with Crippen molar-refractivity contribution in [3.63, 3.8) is 0 Å². The molecular weight excluding hydrogens is 318 g/mol. The van der Waals surface area contributed by atoms with Crippen molar-refractivity contribution in [3.05, 3.63) is 46.8 Å². The average Bonchev–Trinajstić information content (AvgIpc) is 3.38. The lowest BCUT2D eigenvalue weighted by atomic mass is 10.1. The Morgan fingerprint density at radius 1 is 1.24 bits per heavy atom. The van der Waals surface area contributed by atoms with Gasteiger partial charge in [0.1, 0.15) is 6.04 Å². The van der Waals surface area contributed by atoms with Gasteiger partial charge in [0, 0.05) is 0 Å². The van der Waals surface area contributed by atoms with Gasteiger partial charge in [-0.3, -0.25) is 4.79 Å². The number of rotatable bonds is 5. The zero-order valence-corrected chi connectivity index (χ0v) is 15.0. The van der Waals surface area contributed by atoms with Crippen LogP contribution in [-0.2, 0) is 9.53 Å². The van der Waals surface area contributed by atoms with E-state index in [9.17, 15) is 9.59 Å². The Hall–Kier alpha value is -2.63. The van der Waals surface area contributed by atoms with Crippen LogP contribution in [0.4, 0.5) is 0 Å². The van der Waals surface area contributed by atoms with Gasteiger partial charge in [-0.2, -0.15) is 5.10 Å². The molecule has 132 valence electrons. The number of methoxy groups -OCH3 is 1. The standard InChI is InChI=1S/C19H23N3O3/c1-11-7-5-6-8-15(11)22-13(3)16(12(2)21-22)18(23)20-17(14-9-10-14)19(24)25-4/h5-8,14,17H,9-10H2,1-4H3,(H,20,23). The molecule has 1 atom stereocenters. The molecule has 1 aromatic heterocycles. The van der Waals surface area contributed by atoms with Crippen molar-refractivity contribution in [2.45, 2.75) is 39.7 Å². The summed E-state index contributed by atoms with van der Waals surface area (Å²) >= 11 is 0. The number of amides is 1. The van der Waals surface area contributed by atoms with Crippen LogP contribution in [0, 0.1) is 26.7 Å². The van der Waals surface area contributed by atoms with E-state index < -0.39 is 12.0 Å².